The van der Waals surface area contributed by atoms with Crippen LogP contribution in [0.15, 0.2) is 23.1 Å². The molecule has 0 atom stereocenters. The minimum atomic E-state index is -3.23. The molecular formula is C14H20N2O2S. The van der Waals surface area contributed by atoms with Gasteiger partial charge >= 0.3 is 0 Å². The summed E-state index contributed by atoms with van der Waals surface area (Å²) in [6.45, 7) is 2.18. The number of hydrogen-bond donors (Lipinski definition) is 1. The maximum absolute atomic E-state index is 11.7. The van der Waals surface area contributed by atoms with Gasteiger partial charge in [-0.3, -0.25) is 0 Å². The Bertz CT molecular complexity index is 659. The lowest BCUT2D eigenvalue weighted by Gasteiger charge is -1.97. The van der Waals surface area contributed by atoms with E-state index < -0.39 is 9.84 Å². The number of unbranched alkanes of at least 4 members (excludes halogenated alkanes) is 3. The van der Waals surface area contributed by atoms with Gasteiger partial charge < -0.3 is 4.98 Å². The number of hydrogen-bond acceptors (Lipinski definition) is 3. The molecule has 0 saturated heterocycles. The number of aryl methyl sites for hydroxylation is 1. The highest BCUT2D eigenvalue weighted by atomic mass is 32.2. The molecule has 1 heterocycles. The van der Waals surface area contributed by atoms with Crippen molar-refractivity contribution in [2.45, 2.75) is 43.9 Å². The van der Waals surface area contributed by atoms with Crippen LogP contribution in [0.1, 0.15) is 38.4 Å². The van der Waals surface area contributed by atoms with Crippen molar-refractivity contribution < 1.29 is 8.42 Å². The first kappa shape index (κ1) is 14.1. The fourth-order valence-electron chi connectivity index (χ4n) is 2.19. The molecule has 0 spiro atoms. The topological polar surface area (TPSA) is 62.8 Å². The zero-order valence-corrected chi connectivity index (χ0v) is 12.3. The van der Waals surface area contributed by atoms with Gasteiger partial charge in [-0.15, -0.1) is 0 Å². The van der Waals surface area contributed by atoms with Crippen LogP contribution in [0.4, 0.5) is 0 Å². The van der Waals surface area contributed by atoms with Crippen molar-refractivity contribution >= 4 is 20.9 Å². The number of benzene rings is 1. The number of fused-ring (bicyclic) bond motifs is 1. The summed E-state index contributed by atoms with van der Waals surface area (Å²) in [6, 6.07) is 5.23. The molecule has 0 aliphatic carbocycles. The second-order valence-corrected chi connectivity index (χ2v) is 6.90. The fourth-order valence-corrected chi connectivity index (χ4v) is 3.03. The third-order valence-corrected chi connectivity index (χ3v) is 4.32. The van der Waals surface area contributed by atoms with E-state index in [2.05, 4.69) is 16.9 Å². The van der Waals surface area contributed by atoms with E-state index in [9.17, 15) is 8.42 Å². The van der Waals surface area contributed by atoms with Gasteiger partial charge in [0.05, 0.1) is 10.4 Å². The van der Waals surface area contributed by atoms with Gasteiger partial charge in [0.1, 0.15) is 11.3 Å². The second kappa shape index (κ2) is 5.74. The molecule has 0 aliphatic heterocycles. The van der Waals surface area contributed by atoms with E-state index >= 15 is 0 Å². The van der Waals surface area contributed by atoms with Crippen molar-refractivity contribution in [2.75, 3.05) is 6.26 Å². The summed E-state index contributed by atoms with van der Waals surface area (Å²) in [7, 11) is -3.23. The smallest absolute Gasteiger partial charge is 0.177 e. The van der Waals surface area contributed by atoms with Crippen LogP contribution in [0.25, 0.3) is 11.0 Å². The minimum absolute atomic E-state index is 0.307. The van der Waals surface area contributed by atoms with Gasteiger partial charge in [-0.2, -0.15) is 0 Å². The summed E-state index contributed by atoms with van der Waals surface area (Å²) >= 11 is 0. The zero-order valence-electron chi connectivity index (χ0n) is 11.4. The van der Waals surface area contributed by atoms with Crippen LogP contribution in [0.5, 0.6) is 0 Å². The summed E-state index contributed by atoms with van der Waals surface area (Å²) in [6.07, 6.45) is 6.80. The Labute approximate surface area is 114 Å². The number of nitrogens with zero attached hydrogens (tertiary/aromatic N) is 1. The van der Waals surface area contributed by atoms with E-state index in [1.54, 1.807) is 12.1 Å². The maximum atomic E-state index is 11.7. The van der Waals surface area contributed by atoms with Crippen LogP contribution < -0.4 is 0 Å². The lowest BCUT2D eigenvalue weighted by molar-refractivity contribution is 0.602. The average molecular weight is 280 g/mol. The van der Waals surface area contributed by atoms with Crippen LogP contribution in [0, 0.1) is 0 Å². The Morgan fingerprint density at radius 2 is 2.00 bits per heavy atom. The normalized spacial score (nSPS) is 12.1. The molecule has 19 heavy (non-hydrogen) atoms. The molecule has 1 N–H and O–H groups in total. The SMILES string of the molecule is CCCCCCc1nc2c(S(C)(=O)=O)cccc2[nH]1. The van der Waals surface area contributed by atoms with Gasteiger partial charge in [-0.25, -0.2) is 13.4 Å². The van der Waals surface area contributed by atoms with Crippen LogP contribution in [0.2, 0.25) is 0 Å². The van der Waals surface area contributed by atoms with Crippen molar-refractivity contribution in [3.8, 4) is 0 Å². The molecule has 0 fully saturated rings. The highest BCUT2D eigenvalue weighted by Crippen LogP contribution is 2.21. The summed E-state index contributed by atoms with van der Waals surface area (Å²) in [5, 5.41) is 0. The lowest BCUT2D eigenvalue weighted by Crippen LogP contribution is -1.97. The summed E-state index contributed by atoms with van der Waals surface area (Å²) in [5.41, 5.74) is 1.36. The average Bonchev–Trinajstić information content (AvgIpc) is 2.75. The highest BCUT2D eigenvalue weighted by molar-refractivity contribution is 7.91. The highest BCUT2D eigenvalue weighted by Gasteiger charge is 2.14. The number of nitrogens with one attached hydrogen (secondary N) is 1. The van der Waals surface area contributed by atoms with Gasteiger partial charge in [0.25, 0.3) is 0 Å². The molecule has 1 aromatic carbocycles. The number of para-hydroxylation sites is 1. The Morgan fingerprint density at radius 3 is 2.68 bits per heavy atom. The van der Waals surface area contributed by atoms with Crippen LogP contribution in [-0.2, 0) is 16.3 Å². The maximum Gasteiger partial charge on any atom is 0.177 e. The lowest BCUT2D eigenvalue weighted by atomic mass is 10.1. The molecule has 0 radical (unpaired) electrons. The molecule has 2 aromatic rings. The number of rotatable bonds is 6. The Hall–Kier alpha value is -1.36. The van der Waals surface area contributed by atoms with Crippen LogP contribution in [0.3, 0.4) is 0 Å². The van der Waals surface area contributed by atoms with E-state index in [1.807, 2.05) is 6.07 Å². The van der Waals surface area contributed by atoms with E-state index in [0.29, 0.717) is 10.4 Å². The number of aromatic amines is 1. The summed E-state index contributed by atoms with van der Waals surface area (Å²) in [4.78, 5) is 7.96. The zero-order chi connectivity index (χ0) is 13.9. The monoisotopic (exact) mass is 280 g/mol. The van der Waals surface area contributed by atoms with E-state index in [4.69, 9.17) is 0 Å². The van der Waals surface area contributed by atoms with Crippen molar-refractivity contribution in [1.29, 1.82) is 0 Å². The number of aromatic nitrogens is 2. The van der Waals surface area contributed by atoms with Crippen LogP contribution >= 0.6 is 0 Å². The Balaban J connectivity index is 2.26. The molecule has 104 valence electrons. The molecule has 5 heteroatoms. The van der Waals surface area contributed by atoms with E-state index in [0.717, 1.165) is 24.2 Å². The van der Waals surface area contributed by atoms with Crippen molar-refractivity contribution in [3.63, 3.8) is 0 Å². The molecule has 2 rings (SSSR count). The van der Waals surface area contributed by atoms with Gasteiger partial charge in [0.2, 0.25) is 0 Å². The molecule has 0 amide bonds. The van der Waals surface area contributed by atoms with Crippen molar-refractivity contribution in [3.05, 3.63) is 24.0 Å². The predicted molar refractivity (Wildman–Crippen MR) is 77.0 cm³/mol. The van der Waals surface area contributed by atoms with Gasteiger partial charge in [-0.1, -0.05) is 32.3 Å². The third kappa shape index (κ3) is 3.35. The molecule has 1 aromatic heterocycles. The molecule has 0 aliphatic rings. The van der Waals surface area contributed by atoms with E-state index in [1.165, 1.54) is 25.5 Å². The second-order valence-electron chi connectivity index (χ2n) is 4.92. The van der Waals surface area contributed by atoms with Gasteiger partial charge in [0, 0.05) is 12.7 Å². The summed E-state index contributed by atoms with van der Waals surface area (Å²) < 4.78 is 23.4. The standard InChI is InChI=1S/C14H20N2O2S/c1-3-4-5-6-10-13-15-11-8-7-9-12(14(11)16-13)19(2,17)18/h7-9H,3-6,10H2,1-2H3,(H,15,16). The summed E-state index contributed by atoms with van der Waals surface area (Å²) in [5.74, 6) is 0.877. The van der Waals surface area contributed by atoms with Crippen molar-refractivity contribution in [1.82, 2.24) is 9.97 Å². The van der Waals surface area contributed by atoms with Crippen LogP contribution in [-0.4, -0.2) is 24.6 Å². The predicted octanol–water partition coefficient (Wildman–Crippen LogP) is 3.09. The quantitative estimate of drug-likeness (QED) is 0.827. The van der Waals surface area contributed by atoms with Gasteiger partial charge in [-0.05, 0) is 18.6 Å². The third-order valence-electron chi connectivity index (χ3n) is 3.19. The number of sulfone groups is 1. The molecule has 0 unspecified atom stereocenters. The first-order valence-electron chi connectivity index (χ1n) is 6.70. The molecule has 0 saturated carbocycles. The largest absolute Gasteiger partial charge is 0.342 e. The first-order valence-corrected chi connectivity index (χ1v) is 8.59. The van der Waals surface area contributed by atoms with E-state index in [-0.39, 0.29) is 0 Å². The Kier molecular flexibility index (Phi) is 4.24. The number of imidazole rings is 1. The molecular weight excluding hydrogens is 260 g/mol. The Morgan fingerprint density at radius 1 is 1.21 bits per heavy atom. The van der Waals surface area contributed by atoms with Crippen molar-refractivity contribution in [2.24, 2.45) is 0 Å². The minimum Gasteiger partial charge on any atom is -0.342 e. The van der Waals surface area contributed by atoms with Gasteiger partial charge in [0.15, 0.2) is 9.84 Å². The fraction of sp³-hybridized carbons (Fsp3) is 0.500. The first-order chi connectivity index (χ1) is 9.02. The molecule has 0 bridgehead atoms. The molecule has 4 nitrogen and oxygen atoms in total. The number of H-pyrrole nitrogens is 1.